The first-order chi connectivity index (χ1) is 10.2. The Morgan fingerprint density at radius 3 is 2.67 bits per heavy atom. The average Bonchev–Trinajstić information content (AvgIpc) is 2.53. The Morgan fingerprint density at radius 2 is 1.95 bits per heavy atom. The van der Waals surface area contributed by atoms with Crippen LogP contribution in [0.3, 0.4) is 0 Å². The van der Waals surface area contributed by atoms with Crippen molar-refractivity contribution in [2.45, 2.75) is 19.9 Å². The summed E-state index contributed by atoms with van der Waals surface area (Å²) < 4.78 is 5.89. The Morgan fingerprint density at radius 1 is 1.19 bits per heavy atom. The number of halogens is 1. The number of carbonyl (C=O) groups is 1. The van der Waals surface area contributed by atoms with Gasteiger partial charge in [0.05, 0.1) is 12.7 Å². The van der Waals surface area contributed by atoms with E-state index in [9.17, 15) is 4.79 Å². The molecule has 3 nitrogen and oxygen atoms in total. The van der Waals surface area contributed by atoms with E-state index in [2.05, 4.69) is 34.2 Å². The predicted molar refractivity (Wildman–Crippen MR) is 88.6 cm³/mol. The number of esters is 1. The van der Waals surface area contributed by atoms with Gasteiger partial charge in [-0.25, -0.2) is 4.79 Å². The Bertz CT molecular complexity index is 640. The first kappa shape index (κ1) is 15.6. The predicted octanol–water partition coefficient (Wildman–Crippen LogP) is 4.41. The second kappa shape index (κ2) is 7.27. The van der Waals surface area contributed by atoms with Crippen molar-refractivity contribution in [3.05, 3.63) is 63.6 Å². The summed E-state index contributed by atoms with van der Waals surface area (Å²) in [6, 6.07) is 13.6. The number of benzene rings is 2. The Kier molecular flexibility index (Phi) is 5.39. The van der Waals surface area contributed by atoms with E-state index in [-0.39, 0.29) is 5.97 Å². The summed E-state index contributed by atoms with van der Waals surface area (Å²) in [5.41, 5.74) is 3.84. The first-order valence-electron chi connectivity index (χ1n) is 6.84. The molecule has 1 N–H and O–H groups in total. The quantitative estimate of drug-likeness (QED) is 0.814. The van der Waals surface area contributed by atoms with Crippen molar-refractivity contribution in [1.29, 1.82) is 0 Å². The topological polar surface area (TPSA) is 38.3 Å². The van der Waals surface area contributed by atoms with Crippen molar-refractivity contribution in [1.82, 2.24) is 0 Å². The lowest BCUT2D eigenvalue weighted by molar-refractivity contribution is 0.0599. The summed E-state index contributed by atoms with van der Waals surface area (Å²) in [5, 5.41) is 3.40. The lowest BCUT2D eigenvalue weighted by Crippen LogP contribution is -2.09. The van der Waals surface area contributed by atoms with Crippen LogP contribution >= 0.6 is 15.9 Å². The number of carbonyl (C=O) groups excluding carboxylic acids is 1. The Balaban J connectivity index is 2.19. The summed E-state index contributed by atoms with van der Waals surface area (Å²) in [6.07, 6.45) is 0.945. The van der Waals surface area contributed by atoms with Crippen molar-refractivity contribution in [2.75, 3.05) is 12.4 Å². The Labute approximate surface area is 133 Å². The van der Waals surface area contributed by atoms with Crippen LogP contribution in [0.1, 0.15) is 28.4 Å². The smallest absolute Gasteiger partial charge is 0.338 e. The van der Waals surface area contributed by atoms with Gasteiger partial charge in [-0.2, -0.15) is 0 Å². The third-order valence-corrected chi connectivity index (χ3v) is 3.83. The van der Waals surface area contributed by atoms with Gasteiger partial charge in [-0.3, -0.25) is 0 Å². The van der Waals surface area contributed by atoms with Gasteiger partial charge in [0.1, 0.15) is 0 Å². The van der Waals surface area contributed by atoms with Crippen LogP contribution in [-0.4, -0.2) is 13.1 Å². The molecule has 0 radical (unpaired) electrons. The third kappa shape index (κ3) is 3.85. The molecule has 0 saturated heterocycles. The van der Waals surface area contributed by atoms with Gasteiger partial charge in [0.25, 0.3) is 0 Å². The molecule has 110 valence electrons. The van der Waals surface area contributed by atoms with Crippen molar-refractivity contribution in [3.63, 3.8) is 0 Å². The highest BCUT2D eigenvalue weighted by molar-refractivity contribution is 9.10. The SMILES string of the molecule is CCc1cc(Br)ccc1NCc1ccccc1C(=O)OC. The minimum Gasteiger partial charge on any atom is -0.465 e. The molecule has 2 aromatic carbocycles. The molecule has 0 saturated carbocycles. The van der Waals surface area contributed by atoms with Crippen LogP contribution in [0.2, 0.25) is 0 Å². The molecule has 0 atom stereocenters. The van der Waals surface area contributed by atoms with Gasteiger partial charge < -0.3 is 10.1 Å². The first-order valence-corrected chi connectivity index (χ1v) is 7.63. The van der Waals surface area contributed by atoms with Gasteiger partial charge in [0, 0.05) is 16.7 Å². The van der Waals surface area contributed by atoms with Gasteiger partial charge in [-0.05, 0) is 41.8 Å². The molecule has 2 rings (SSSR count). The van der Waals surface area contributed by atoms with Crippen molar-refractivity contribution >= 4 is 27.6 Å². The number of hydrogen-bond acceptors (Lipinski definition) is 3. The van der Waals surface area contributed by atoms with E-state index in [0.717, 1.165) is 22.1 Å². The lowest BCUT2D eigenvalue weighted by atomic mass is 10.1. The van der Waals surface area contributed by atoms with E-state index in [0.29, 0.717) is 12.1 Å². The minimum atomic E-state index is -0.307. The standard InChI is InChI=1S/C17H18BrNO2/c1-3-12-10-14(18)8-9-16(12)19-11-13-6-4-5-7-15(13)17(20)21-2/h4-10,19H,3,11H2,1-2H3. The lowest BCUT2D eigenvalue weighted by Gasteiger charge is -2.13. The number of aryl methyl sites for hydroxylation is 1. The maximum atomic E-state index is 11.8. The molecule has 0 unspecified atom stereocenters. The van der Waals surface area contributed by atoms with Gasteiger partial charge in [-0.1, -0.05) is 41.1 Å². The van der Waals surface area contributed by atoms with Crippen LogP contribution < -0.4 is 5.32 Å². The molecular weight excluding hydrogens is 330 g/mol. The molecular formula is C17H18BrNO2. The van der Waals surface area contributed by atoms with Crippen LogP contribution in [0, 0.1) is 0 Å². The number of rotatable bonds is 5. The molecule has 4 heteroatoms. The highest BCUT2D eigenvalue weighted by atomic mass is 79.9. The van der Waals surface area contributed by atoms with Crippen LogP contribution in [-0.2, 0) is 17.7 Å². The molecule has 0 aliphatic rings. The summed E-state index contributed by atoms with van der Waals surface area (Å²) in [7, 11) is 1.40. The zero-order valence-electron chi connectivity index (χ0n) is 12.2. The van der Waals surface area contributed by atoms with Gasteiger partial charge in [0.15, 0.2) is 0 Å². The maximum Gasteiger partial charge on any atom is 0.338 e. The molecule has 0 fully saturated rings. The van der Waals surface area contributed by atoms with Gasteiger partial charge in [-0.15, -0.1) is 0 Å². The van der Waals surface area contributed by atoms with Crippen LogP contribution in [0.25, 0.3) is 0 Å². The summed E-state index contributed by atoms with van der Waals surface area (Å²) >= 11 is 3.48. The molecule has 0 aromatic heterocycles. The van der Waals surface area contributed by atoms with Crippen molar-refractivity contribution in [2.24, 2.45) is 0 Å². The molecule has 0 aliphatic carbocycles. The zero-order chi connectivity index (χ0) is 15.2. The monoisotopic (exact) mass is 347 g/mol. The van der Waals surface area contributed by atoms with Crippen LogP contribution in [0.4, 0.5) is 5.69 Å². The van der Waals surface area contributed by atoms with E-state index in [4.69, 9.17) is 4.74 Å². The number of nitrogens with one attached hydrogen (secondary N) is 1. The summed E-state index contributed by atoms with van der Waals surface area (Å²) in [6.45, 7) is 2.70. The van der Waals surface area contributed by atoms with Crippen LogP contribution in [0.5, 0.6) is 0 Å². The number of methoxy groups -OCH3 is 1. The molecule has 2 aromatic rings. The molecule has 0 heterocycles. The number of hydrogen-bond donors (Lipinski definition) is 1. The minimum absolute atomic E-state index is 0.307. The average molecular weight is 348 g/mol. The van der Waals surface area contributed by atoms with E-state index in [1.807, 2.05) is 30.3 Å². The zero-order valence-corrected chi connectivity index (χ0v) is 13.7. The fourth-order valence-electron chi connectivity index (χ4n) is 2.20. The third-order valence-electron chi connectivity index (χ3n) is 3.34. The van der Waals surface area contributed by atoms with E-state index >= 15 is 0 Å². The van der Waals surface area contributed by atoms with E-state index in [1.165, 1.54) is 12.7 Å². The van der Waals surface area contributed by atoms with Gasteiger partial charge >= 0.3 is 5.97 Å². The summed E-state index contributed by atoms with van der Waals surface area (Å²) in [5.74, 6) is -0.307. The van der Waals surface area contributed by atoms with E-state index in [1.54, 1.807) is 6.07 Å². The normalized spacial score (nSPS) is 10.2. The maximum absolute atomic E-state index is 11.8. The Hall–Kier alpha value is -1.81. The fraction of sp³-hybridized carbons (Fsp3) is 0.235. The van der Waals surface area contributed by atoms with Crippen LogP contribution in [0.15, 0.2) is 46.9 Å². The molecule has 0 bridgehead atoms. The second-order valence-corrected chi connectivity index (χ2v) is 5.57. The highest BCUT2D eigenvalue weighted by Gasteiger charge is 2.11. The van der Waals surface area contributed by atoms with Crippen molar-refractivity contribution < 1.29 is 9.53 Å². The van der Waals surface area contributed by atoms with Gasteiger partial charge in [0.2, 0.25) is 0 Å². The van der Waals surface area contributed by atoms with E-state index < -0.39 is 0 Å². The molecule has 0 aliphatic heterocycles. The second-order valence-electron chi connectivity index (χ2n) is 4.66. The fourth-order valence-corrected chi connectivity index (χ4v) is 2.61. The molecule has 0 spiro atoms. The molecule has 0 amide bonds. The number of anilines is 1. The largest absolute Gasteiger partial charge is 0.465 e. The summed E-state index contributed by atoms with van der Waals surface area (Å²) in [4.78, 5) is 11.8. The number of ether oxygens (including phenoxy) is 1. The highest BCUT2D eigenvalue weighted by Crippen LogP contribution is 2.22. The molecule has 21 heavy (non-hydrogen) atoms. The van der Waals surface area contributed by atoms with Crippen molar-refractivity contribution in [3.8, 4) is 0 Å².